The van der Waals surface area contributed by atoms with Gasteiger partial charge in [0, 0.05) is 6.42 Å². The van der Waals surface area contributed by atoms with Crippen LogP contribution >= 0.6 is 0 Å². The van der Waals surface area contributed by atoms with E-state index in [4.69, 9.17) is 8.37 Å². The summed E-state index contributed by atoms with van der Waals surface area (Å²) in [6.45, 7) is 3.84. The van der Waals surface area contributed by atoms with Crippen molar-refractivity contribution in [1.82, 2.24) is 0 Å². The highest BCUT2D eigenvalue weighted by molar-refractivity contribution is 7.87. The van der Waals surface area contributed by atoms with E-state index in [-0.39, 0.29) is 11.5 Å². The Morgan fingerprint density at radius 3 is 1.59 bits per heavy atom. The van der Waals surface area contributed by atoms with Crippen LogP contribution in [-0.2, 0) is 28.6 Å². The molecule has 0 amide bonds. The third-order valence-electron chi connectivity index (χ3n) is 3.64. The van der Waals surface area contributed by atoms with Crippen LogP contribution in [0.2, 0.25) is 0 Å². The fourth-order valence-electron chi connectivity index (χ4n) is 2.43. The Balaban J connectivity index is 2.51. The molecule has 1 aliphatic rings. The summed E-state index contributed by atoms with van der Waals surface area (Å²) >= 11 is 0. The van der Waals surface area contributed by atoms with Crippen LogP contribution in [0.1, 0.15) is 65.2 Å². The van der Waals surface area contributed by atoms with Gasteiger partial charge in [0.2, 0.25) is 0 Å². The van der Waals surface area contributed by atoms with E-state index in [2.05, 4.69) is 0 Å². The van der Waals surface area contributed by atoms with Gasteiger partial charge in [-0.05, 0) is 32.1 Å². The van der Waals surface area contributed by atoms with Gasteiger partial charge in [-0.3, -0.25) is 8.37 Å². The topological polar surface area (TPSA) is 86.7 Å². The fraction of sp³-hybridized carbons (Fsp3) is 1.00. The van der Waals surface area contributed by atoms with Crippen LogP contribution in [0.25, 0.3) is 0 Å². The summed E-state index contributed by atoms with van der Waals surface area (Å²) in [4.78, 5) is 0. The van der Waals surface area contributed by atoms with E-state index in [0.29, 0.717) is 38.5 Å². The van der Waals surface area contributed by atoms with E-state index in [1.54, 1.807) is 0 Å². The molecular formula is C14H28O6S2. The maximum Gasteiger partial charge on any atom is 0.267 e. The first-order valence-electron chi connectivity index (χ1n) is 8.10. The van der Waals surface area contributed by atoms with Crippen LogP contribution in [0.4, 0.5) is 0 Å². The molecule has 0 bridgehead atoms. The summed E-state index contributed by atoms with van der Waals surface area (Å²) in [6.07, 6.45) is 4.05. The second-order valence-electron chi connectivity index (χ2n) is 5.83. The molecule has 8 heteroatoms. The summed E-state index contributed by atoms with van der Waals surface area (Å²) in [5, 5.41) is 0. The largest absolute Gasteiger partial charge is 0.267 e. The van der Waals surface area contributed by atoms with Gasteiger partial charge in [0.1, 0.15) is 0 Å². The van der Waals surface area contributed by atoms with Crippen LogP contribution in [0, 0.1) is 0 Å². The van der Waals surface area contributed by atoms with Gasteiger partial charge < -0.3 is 0 Å². The summed E-state index contributed by atoms with van der Waals surface area (Å²) in [6, 6.07) is 0. The first kappa shape index (κ1) is 19.9. The minimum absolute atomic E-state index is 0.0142. The van der Waals surface area contributed by atoms with E-state index in [9.17, 15) is 16.8 Å². The molecular weight excluding hydrogens is 328 g/mol. The molecule has 1 rings (SSSR count). The summed E-state index contributed by atoms with van der Waals surface area (Å²) < 4.78 is 57.6. The van der Waals surface area contributed by atoms with Gasteiger partial charge in [-0.2, -0.15) is 16.8 Å². The number of hydrogen-bond acceptors (Lipinski definition) is 6. The Morgan fingerprint density at radius 2 is 1.23 bits per heavy atom. The zero-order chi connectivity index (χ0) is 16.6. The Kier molecular flexibility index (Phi) is 8.31. The van der Waals surface area contributed by atoms with Crippen LogP contribution in [0.5, 0.6) is 0 Å². The van der Waals surface area contributed by atoms with Crippen LogP contribution in [-0.4, -0.2) is 40.5 Å². The maximum atomic E-state index is 11.8. The van der Waals surface area contributed by atoms with Crippen molar-refractivity contribution in [1.29, 1.82) is 0 Å². The van der Waals surface area contributed by atoms with Crippen molar-refractivity contribution in [3.05, 3.63) is 0 Å². The molecule has 1 saturated carbocycles. The van der Waals surface area contributed by atoms with Crippen LogP contribution in [0.3, 0.4) is 0 Å². The standard InChI is InChI=1S/C14H28O6S2/c1-3-5-10-21(15,16)19-13-8-7-9-14(12-13)20-22(17,18)11-6-4-2/h13-14H,3-12H2,1-2H3. The van der Waals surface area contributed by atoms with Crippen molar-refractivity contribution in [2.24, 2.45) is 0 Å². The lowest BCUT2D eigenvalue weighted by molar-refractivity contribution is 0.0759. The van der Waals surface area contributed by atoms with E-state index >= 15 is 0 Å². The van der Waals surface area contributed by atoms with Gasteiger partial charge in [-0.1, -0.05) is 26.7 Å². The first-order valence-corrected chi connectivity index (χ1v) is 11.3. The average Bonchev–Trinajstić information content (AvgIpc) is 2.42. The van der Waals surface area contributed by atoms with Crippen molar-refractivity contribution in [2.75, 3.05) is 11.5 Å². The van der Waals surface area contributed by atoms with Gasteiger partial charge in [0.15, 0.2) is 0 Å². The SMILES string of the molecule is CCCCS(=O)(=O)OC1CCCC(OS(=O)(=O)CCCC)C1. The quantitative estimate of drug-likeness (QED) is 0.559. The normalized spacial score (nSPS) is 23.5. The van der Waals surface area contributed by atoms with Crippen molar-refractivity contribution in [3.8, 4) is 0 Å². The van der Waals surface area contributed by atoms with Crippen molar-refractivity contribution in [2.45, 2.75) is 77.4 Å². The van der Waals surface area contributed by atoms with E-state index < -0.39 is 32.4 Å². The molecule has 132 valence electrons. The van der Waals surface area contributed by atoms with Crippen molar-refractivity contribution in [3.63, 3.8) is 0 Å². The van der Waals surface area contributed by atoms with E-state index in [1.807, 2.05) is 13.8 Å². The third-order valence-corrected chi connectivity index (χ3v) is 6.35. The minimum Gasteiger partial charge on any atom is -0.267 e. The highest BCUT2D eigenvalue weighted by Gasteiger charge is 2.30. The molecule has 0 radical (unpaired) electrons. The Hall–Kier alpha value is -0.180. The van der Waals surface area contributed by atoms with Crippen LogP contribution in [0.15, 0.2) is 0 Å². The molecule has 1 fully saturated rings. The molecule has 0 aliphatic heterocycles. The molecule has 6 nitrogen and oxygen atoms in total. The second-order valence-corrected chi connectivity index (χ2v) is 9.27. The van der Waals surface area contributed by atoms with Gasteiger partial charge in [-0.15, -0.1) is 0 Å². The molecule has 0 spiro atoms. The zero-order valence-electron chi connectivity index (χ0n) is 13.5. The highest BCUT2D eigenvalue weighted by atomic mass is 32.2. The summed E-state index contributed by atoms with van der Waals surface area (Å²) in [7, 11) is -7.06. The van der Waals surface area contributed by atoms with Gasteiger partial charge >= 0.3 is 0 Å². The number of rotatable bonds is 10. The van der Waals surface area contributed by atoms with E-state index in [1.165, 1.54) is 0 Å². The Bertz CT molecular complexity index is 465. The van der Waals surface area contributed by atoms with Crippen molar-refractivity contribution < 1.29 is 25.2 Å². The van der Waals surface area contributed by atoms with E-state index in [0.717, 1.165) is 12.8 Å². The molecule has 22 heavy (non-hydrogen) atoms. The molecule has 2 atom stereocenters. The predicted octanol–water partition coefficient (Wildman–Crippen LogP) is 2.59. The van der Waals surface area contributed by atoms with Gasteiger partial charge in [-0.25, -0.2) is 0 Å². The van der Waals surface area contributed by atoms with Crippen LogP contribution < -0.4 is 0 Å². The third kappa shape index (κ3) is 7.89. The molecule has 0 saturated heterocycles. The highest BCUT2D eigenvalue weighted by Crippen LogP contribution is 2.26. The maximum absolute atomic E-state index is 11.8. The van der Waals surface area contributed by atoms with Gasteiger partial charge in [0.05, 0.1) is 23.7 Å². The monoisotopic (exact) mass is 356 g/mol. The van der Waals surface area contributed by atoms with Crippen molar-refractivity contribution >= 4 is 20.2 Å². The average molecular weight is 357 g/mol. The Labute approximate surface area is 134 Å². The Morgan fingerprint density at radius 1 is 0.818 bits per heavy atom. The molecule has 0 aromatic carbocycles. The second kappa shape index (κ2) is 9.20. The molecule has 0 aromatic heterocycles. The number of unbranched alkanes of at least 4 members (excludes halogenated alkanes) is 2. The molecule has 0 heterocycles. The lowest BCUT2D eigenvalue weighted by Gasteiger charge is -2.28. The van der Waals surface area contributed by atoms with Gasteiger partial charge in [0.25, 0.3) is 20.2 Å². The molecule has 0 aromatic rings. The number of hydrogen-bond donors (Lipinski definition) is 0. The lowest BCUT2D eigenvalue weighted by Crippen LogP contribution is -2.32. The molecule has 0 N–H and O–H groups in total. The zero-order valence-corrected chi connectivity index (χ0v) is 15.1. The smallest absolute Gasteiger partial charge is 0.267 e. The molecule has 2 unspecified atom stereocenters. The lowest BCUT2D eigenvalue weighted by atomic mass is 9.95. The molecule has 1 aliphatic carbocycles. The fourth-order valence-corrected chi connectivity index (χ4v) is 5.09. The first-order chi connectivity index (χ1) is 10.3. The summed E-state index contributed by atoms with van der Waals surface area (Å²) in [5.74, 6) is 0.0284. The summed E-state index contributed by atoms with van der Waals surface area (Å²) in [5.41, 5.74) is 0. The minimum atomic E-state index is -3.53. The predicted molar refractivity (Wildman–Crippen MR) is 85.6 cm³/mol.